The van der Waals surface area contributed by atoms with Crippen LogP contribution in [0.2, 0.25) is 0 Å². The smallest absolute Gasteiger partial charge is 0.123 e. The van der Waals surface area contributed by atoms with Gasteiger partial charge in [0, 0.05) is 20.5 Å². The van der Waals surface area contributed by atoms with E-state index < -0.39 is 5.41 Å². The van der Waals surface area contributed by atoms with Gasteiger partial charge in [-0.1, -0.05) is 109 Å². The number of thiophene rings is 2. The fourth-order valence-corrected chi connectivity index (χ4v) is 9.18. The highest BCUT2D eigenvalue weighted by molar-refractivity contribution is 7.13. The standard InChI is InChI=1S/C41H26O2S2/c42-35-21-19-33(25-9-1-3-11-27(25)35)41(34-20-22-36(43)28-12-4-2-10-26(28)34)39-29(13-5-15-31(39)37-17-7-23-44-37)30-14-6-16-32(40(30)41)38-18-8-24-45-38/h1-24,42-43H. The van der Waals surface area contributed by atoms with E-state index in [1.165, 1.54) is 43.1 Å². The molecule has 45 heavy (non-hydrogen) atoms. The van der Waals surface area contributed by atoms with E-state index in [1.54, 1.807) is 22.7 Å². The van der Waals surface area contributed by atoms with Gasteiger partial charge in [0.15, 0.2) is 0 Å². The molecule has 0 saturated heterocycles. The summed E-state index contributed by atoms with van der Waals surface area (Å²) in [6.07, 6.45) is 0. The molecule has 8 aromatic rings. The average molecular weight is 615 g/mol. The van der Waals surface area contributed by atoms with E-state index in [2.05, 4.69) is 108 Å². The first-order chi connectivity index (χ1) is 22.2. The lowest BCUT2D eigenvalue weighted by Crippen LogP contribution is -2.30. The maximum Gasteiger partial charge on any atom is 0.123 e. The maximum atomic E-state index is 11.2. The molecule has 0 bridgehead atoms. The maximum absolute atomic E-state index is 11.2. The quantitative estimate of drug-likeness (QED) is 0.207. The van der Waals surface area contributed by atoms with Crippen LogP contribution in [0.4, 0.5) is 0 Å². The Balaban J connectivity index is 1.60. The molecule has 0 radical (unpaired) electrons. The van der Waals surface area contributed by atoms with E-state index in [1.807, 2.05) is 36.4 Å². The van der Waals surface area contributed by atoms with Gasteiger partial charge in [-0.3, -0.25) is 0 Å². The number of aromatic hydroxyl groups is 2. The SMILES string of the molecule is Oc1ccc(C2(c3ccc(O)c4ccccc34)c3c(-c4cccs4)cccc3-c3cccc(-c4cccs4)c32)c2ccccc12. The molecule has 6 aromatic carbocycles. The van der Waals surface area contributed by atoms with Crippen molar-refractivity contribution < 1.29 is 10.2 Å². The van der Waals surface area contributed by atoms with Gasteiger partial charge in [-0.25, -0.2) is 0 Å². The third-order valence-corrected chi connectivity index (χ3v) is 11.2. The van der Waals surface area contributed by atoms with Gasteiger partial charge in [0.25, 0.3) is 0 Å². The summed E-state index contributed by atoms with van der Waals surface area (Å²) in [6, 6.07) is 46.3. The van der Waals surface area contributed by atoms with Gasteiger partial charge in [0.1, 0.15) is 11.5 Å². The molecule has 2 nitrogen and oxygen atoms in total. The Bertz CT molecular complexity index is 2230. The summed E-state index contributed by atoms with van der Waals surface area (Å²) in [6.45, 7) is 0. The summed E-state index contributed by atoms with van der Waals surface area (Å²) < 4.78 is 0. The molecule has 1 aliphatic carbocycles. The van der Waals surface area contributed by atoms with Crippen molar-refractivity contribution in [2.24, 2.45) is 0 Å². The number of fused-ring (bicyclic) bond motifs is 5. The summed E-state index contributed by atoms with van der Waals surface area (Å²) >= 11 is 3.50. The van der Waals surface area contributed by atoms with E-state index in [0.29, 0.717) is 0 Å². The van der Waals surface area contributed by atoms with Gasteiger partial charge in [-0.05, 0) is 90.3 Å². The lowest BCUT2D eigenvalue weighted by molar-refractivity contribution is 0.481. The van der Waals surface area contributed by atoms with Crippen LogP contribution in [0.1, 0.15) is 22.3 Å². The van der Waals surface area contributed by atoms with Crippen LogP contribution in [0.15, 0.2) is 144 Å². The largest absolute Gasteiger partial charge is 0.507 e. The highest BCUT2D eigenvalue weighted by Gasteiger charge is 2.51. The predicted octanol–water partition coefficient (Wildman–Crippen LogP) is 11.2. The number of rotatable bonds is 4. The molecule has 0 aliphatic heterocycles. The van der Waals surface area contributed by atoms with Crippen molar-refractivity contribution in [1.82, 2.24) is 0 Å². The first-order valence-electron chi connectivity index (χ1n) is 15.0. The summed E-state index contributed by atoms with van der Waals surface area (Å²) in [5, 5.41) is 30.2. The molecule has 0 amide bonds. The van der Waals surface area contributed by atoms with Crippen LogP contribution in [0.25, 0.3) is 53.6 Å². The molecule has 4 heteroatoms. The van der Waals surface area contributed by atoms with Gasteiger partial charge >= 0.3 is 0 Å². The Morgan fingerprint density at radius 2 is 0.800 bits per heavy atom. The first kappa shape index (κ1) is 26.3. The number of phenols is 2. The minimum atomic E-state index is -0.799. The minimum absolute atomic E-state index is 0.261. The molecule has 2 aromatic heterocycles. The molecule has 0 fully saturated rings. The Labute approximate surface area is 268 Å². The second-order valence-corrected chi connectivity index (χ2v) is 13.4. The van der Waals surface area contributed by atoms with Crippen molar-refractivity contribution in [3.63, 3.8) is 0 Å². The fraction of sp³-hybridized carbons (Fsp3) is 0.0244. The molecule has 2 heterocycles. The van der Waals surface area contributed by atoms with E-state index in [-0.39, 0.29) is 11.5 Å². The minimum Gasteiger partial charge on any atom is -0.507 e. The van der Waals surface area contributed by atoms with Gasteiger partial charge < -0.3 is 10.2 Å². The normalized spacial score (nSPS) is 13.2. The number of hydrogen-bond donors (Lipinski definition) is 2. The van der Waals surface area contributed by atoms with Crippen LogP contribution in [0, 0.1) is 0 Å². The molecular weight excluding hydrogens is 589 g/mol. The molecule has 1 aliphatic rings. The fourth-order valence-electron chi connectivity index (χ4n) is 7.66. The molecule has 9 rings (SSSR count). The predicted molar refractivity (Wildman–Crippen MR) is 189 cm³/mol. The van der Waals surface area contributed by atoms with Crippen LogP contribution in [0.5, 0.6) is 11.5 Å². The molecule has 0 atom stereocenters. The van der Waals surface area contributed by atoms with Crippen molar-refractivity contribution in [1.29, 1.82) is 0 Å². The van der Waals surface area contributed by atoms with Crippen molar-refractivity contribution in [3.8, 4) is 43.5 Å². The third kappa shape index (κ3) is 3.61. The highest BCUT2D eigenvalue weighted by atomic mass is 32.1. The Morgan fingerprint density at radius 3 is 1.22 bits per heavy atom. The van der Waals surface area contributed by atoms with Crippen molar-refractivity contribution in [3.05, 3.63) is 166 Å². The van der Waals surface area contributed by atoms with E-state index in [9.17, 15) is 10.2 Å². The van der Waals surface area contributed by atoms with E-state index >= 15 is 0 Å². The van der Waals surface area contributed by atoms with Gasteiger partial charge in [-0.2, -0.15) is 0 Å². The Morgan fingerprint density at radius 1 is 0.378 bits per heavy atom. The van der Waals surface area contributed by atoms with Crippen LogP contribution in [-0.4, -0.2) is 10.2 Å². The average Bonchev–Trinajstić information content (AvgIpc) is 3.87. The Hall–Kier alpha value is -5.16. The summed E-state index contributed by atoms with van der Waals surface area (Å²) in [5.41, 5.74) is 8.60. The molecule has 0 saturated carbocycles. The second kappa shape index (κ2) is 9.93. The third-order valence-electron chi connectivity index (χ3n) is 9.35. The monoisotopic (exact) mass is 614 g/mol. The van der Waals surface area contributed by atoms with Gasteiger partial charge in [0.05, 0.1) is 5.41 Å². The topological polar surface area (TPSA) is 40.5 Å². The molecule has 2 N–H and O–H groups in total. The zero-order valence-corrected chi connectivity index (χ0v) is 25.7. The van der Waals surface area contributed by atoms with Gasteiger partial charge in [-0.15, -0.1) is 22.7 Å². The van der Waals surface area contributed by atoms with Crippen LogP contribution in [-0.2, 0) is 5.41 Å². The summed E-state index contributed by atoms with van der Waals surface area (Å²) in [7, 11) is 0. The highest BCUT2D eigenvalue weighted by Crippen LogP contribution is 2.63. The van der Waals surface area contributed by atoms with Crippen LogP contribution in [0.3, 0.4) is 0 Å². The lowest BCUT2D eigenvalue weighted by Gasteiger charge is -2.38. The second-order valence-electron chi connectivity index (χ2n) is 11.5. The molecule has 0 spiro atoms. The van der Waals surface area contributed by atoms with Crippen molar-refractivity contribution >= 4 is 44.2 Å². The van der Waals surface area contributed by atoms with E-state index in [4.69, 9.17) is 0 Å². The van der Waals surface area contributed by atoms with Crippen LogP contribution >= 0.6 is 22.7 Å². The first-order valence-corrected chi connectivity index (χ1v) is 16.7. The molecular formula is C41H26O2S2. The zero-order valence-electron chi connectivity index (χ0n) is 24.1. The van der Waals surface area contributed by atoms with Crippen molar-refractivity contribution in [2.45, 2.75) is 5.41 Å². The van der Waals surface area contributed by atoms with Crippen LogP contribution < -0.4 is 0 Å². The zero-order chi connectivity index (χ0) is 30.1. The van der Waals surface area contributed by atoms with Crippen molar-refractivity contribution in [2.75, 3.05) is 0 Å². The van der Waals surface area contributed by atoms with E-state index in [0.717, 1.165) is 32.7 Å². The molecule has 214 valence electrons. The van der Waals surface area contributed by atoms with Gasteiger partial charge in [0.2, 0.25) is 0 Å². The number of hydrogen-bond acceptors (Lipinski definition) is 4. The Kier molecular flexibility index (Phi) is 5.79. The number of phenolic OH excluding ortho intramolecular Hbond substituents is 2. The lowest BCUT2D eigenvalue weighted by atomic mass is 9.63. The number of benzene rings is 6. The summed E-state index contributed by atoms with van der Waals surface area (Å²) in [4.78, 5) is 2.40. The summed E-state index contributed by atoms with van der Waals surface area (Å²) in [5.74, 6) is 0.521. The molecule has 0 unspecified atom stereocenters.